The lowest BCUT2D eigenvalue weighted by Crippen LogP contribution is -2.56. The Labute approximate surface area is 240 Å². The highest BCUT2D eigenvalue weighted by atomic mass is 32.2. The van der Waals surface area contributed by atoms with Crippen LogP contribution in [0.3, 0.4) is 0 Å². The van der Waals surface area contributed by atoms with Crippen molar-refractivity contribution in [3.63, 3.8) is 0 Å². The van der Waals surface area contributed by atoms with E-state index in [0.717, 1.165) is 43.8 Å². The van der Waals surface area contributed by atoms with Crippen LogP contribution >= 0.6 is 11.8 Å². The average Bonchev–Trinajstić information content (AvgIpc) is 3.61. The van der Waals surface area contributed by atoms with Crippen molar-refractivity contribution in [1.82, 2.24) is 20.3 Å². The number of aromatic nitrogens is 3. The van der Waals surface area contributed by atoms with Gasteiger partial charge in [0.05, 0.1) is 24.0 Å². The van der Waals surface area contributed by atoms with E-state index in [9.17, 15) is 22.8 Å². The van der Waals surface area contributed by atoms with E-state index in [1.165, 1.54) is 36.0 Å². The molecule has 2 saturated heterocycles. The molecule has 2 fully saturated rings. The molecule has 3 aromatic rings. The number of hydroxylamine groups is 3. The molecule has 1 N–H and O–H groups in total. The monoisotopic (exact) mass is 595 g/mol. The minimum absolute atomic E-state index is 0.0283. The summed E-state index contributed by atoms with van der Waals surface area (Å²) in [6.45, 7) is 4.27. The topological polar surface area (TPSA) is 86.3 Å². The van der Waals surface area contributed by atoms with Gasteiger partial charge < -0.3 is 19.3 Å². The van der Waals surface area contributed by atoms with Gasteiger partial charge in [-0.15, -0.1) is 16.9 Å². The lowest BCUT2D eigenvalue weighted by atomic mass is 10.0. The Morgan fingerprint density at radius 2 is 1.93 bits per heavy atom. The van der Waals surface area contributed by atoms with E-state index in [0.29, 0.717) is 28.3 Å². The molecule has 41 heavy (non-hydrogen) atoms. The van der Waals surface area contributed by atoms with E-state index in [2.05, 4.69) is 20.3 Å². The maximum atomic E-state index is 14.6. The number of nitrogens with one attached hydrogen (secondary N) is 1. The number of H-pyrrole nitrogens is 1. The molecule has 0 aliphatic carbocycles. The maximum Gasteiger partial charge on any atom is 0.416 e. The Bertz CT molecular complexity index is 1320. The minimum atomic E-state index is -4.52. The number of quaternary nitrogens is 1. The molecule has 2 aliphatic heterocycles. The van der Waals surface area contributed by atoms with Crippen molar-refractivity contribution in [2.75, 3.05) is 32.5 Å². The second-order valence-corrected chi connectivity index (χ2v) is 11.4. The third-order valence-electron chi connectivity index (χ3n) is 7.73. The molecule has 4 atom stereocenters. The van der Waals surface area contributed by atoms with Gasteiger partial charge in [0.25, 0.3) is 0 Å². The quantitative estimate of drug-likeness (QED) is 0.141. The van der Waals surface area contributed by atoms with Gasteiger partial charge in [-0.25, -0.2) is 4.39 Å². The second kappa shape index (κ2) is 12.4. The van der Waals surface area contributed by atoms with E-state index < -0.39 is 40.6 Å². The number of aromatic amines is 1. The molecule has 5 rings (SSSR count). The number of nitrogens with zero attached hydrogens (tertiary/aromatic N) is 4. The van der Waals surface area contributed by atoms with Gasteiger partial charge in [0.15, 0.2) is 6.04 Å². The van der Waals surface area contributed by atoms with E-state index >= 15 is 0 Å². The molecule has 8 nitrogen and oxygen atoms in total. The molecule has 1 aromatic heterocycles. The Kier molecular flexibility index (Phi) is 9.02. The molecular weight excluding hydrogens is 562 g/mol. The molecule has 0 spiro atoms. The van der Waals surface area contributed by atoms with Crippen LogP contribution in [-0.4, -0.2) is 63.7 Å². The molecule has 0 radical (unpaired) electrons. The summed E-state index contributed by atoms with van der Waals surface area (Å²) in [7, 11) is 0. The lowest BCUT2D eigenvalue weighted by Gasteiger charge is -2.53. The summed E-state index contributed by atoms with van der Waals surface area (Å²) in [5.74, 6) is -0.460. The van der Waals surface area contributed by atoms with Crippen LogP contribution in [-0.2, 0) is 28.7 Å². The zero-order chi connectivity index (χ0) is 29.2. The highest BCUT2D eigenvalue weighted by Gasteiger charge is 2.44. The van der Waals surface area contributed by atoms with E-state index in [1.807, 2.05) is 0 Å². The molecule has 3 unspecified atom stereocenters. The Morgan fingerprint density at radius 3 is 2.61 bits per heavy atom. The van der Waals surface area contributed by atoms with Crippen molar-refractivity contribution in [2.45, 2.75) is 62.4 Å². The van der Waals surface area contributed by atoms with Crippen LogP contribution in [0.5, 0.6) is 0 Å². The smallest absolute Gasteiger partial charge is 0.416 e. The minimum Gasteiger partial charge on any atom is -0.632 e. The van der Waals surface area contributed by atoms with Gasteiger partial charge in [-0.2, -0.15) is 13.2 Å². The number of morpholine rings is 1. The average molecular weight is 596 g/mol. The van der Waals surface area contributed by atoms with Gasteiger partial charge in [0.1, 0.15) is 24.6 Å². The number of halogens is 4. The number of hydrogen-bond donors (Lipinski definition) is 1. The molecular formula is C28H33F4N5O3S. The van der Waals surface area contributed by atoms with Crippen LogP contribution < -0.4 is 0 Å². The standard InChI is InChI=1S/C28H33F4N5O3S/c1-18(20-13-21(28(30,31)32)15-23(14-20)41-2)40-27-26(19-5-7-22(29)8-6-19)37(38,11-12-39-27)17-25-24(33-35-34-25)16-36-9-3-4-10-36/h5-8,13-15,18,26-27H,3-4,9-12,16-17H2,1-2H3,(H,33,34,35)/t18-,26?,27?,37?/m1/s1. The lowest BCUT2D eigenvalue weighted by molar-refractivity contribution is -0.941. The summed E-state index contributed by atoms with van der Waals surface area (Å²) in [6.07, 6.45) is -2.54. The van der Waals surface area contributed by atoms with Gasteiger partial charge in [-0.3, -0.25) is 10.00 Å². The molecule has 13 heteroatoms. The fraction of sp³-hybridized carbons (Fsp3) is 0.500. The molecule has 222 valence electrons. The fourth-order valence-corrected chi connectivity index (χ4v) is 6.01. The van der Waals surface area contributed by atoms with Crippen molar-refractivity contribution in [1.29, 1.82) is 0 Å². The highest BCUT2D eigenvalue weighted by molar-refractivity contribution is 7.98. The fourth-order valence-electron chi connectivity index (χ4n) is 5.52. The zero-order valence-corrected chi connectivity index (χ0v) is 23.7. The Balaban J connectivity index is 1.45. The number of rotatable bonds is 9. The van der Waals surface area contributed by atoms with Crippen molar-refractivity contribution in [3.8, 4) is 0 Å². The third-order valence-corrected chi connectivity index (χ3v) is 8.44. The van der Waals surface area contributed by atoms with Gasteiger partial charge >= 0.3 is 6.18 Å². The van der Waals surface area contributed by atoms with Gasteiger partial charge in [-0.05, 0) is 87.1 Å². The number of ether oxygens (including phenoxy) is 2. The number of hydrogen-bond acceptors (Lipinski definition) is 7. The van der Waals surface area contributed by atoms with Gasteiger partial charge in [-0.1, -0.05) is 5.21 Å². The summed E-state index contributed by atoms with van der Waals surface area (Å²) in [5.41, 5.74) is 1.33. The molecule has 0 saturated carbocycles. The third kappa shape index (κ3) is 6.92. The van der Waals surface area contributed by atoms with Crippen LogP contribution in [0.25, 0.3) is 0 Å². The number of likely N-dealkylation sites (tertiary alicyclic amines) is 1. The van der Waals surface area contributed by atoms with Crippen molar-refractivity contribution < 1.29 is 31.7 Å². The normalized spacial score (nSPS) is 24.6. The second-order valence-electron chi connectivity index (χ2n) is 10.6. The van der Waals surface area contributed by atoms with Crippen LogP contribution in [0.2, 0.25) is 0 Å². The van der Waals surface area contributed by atoms with Crippen LogP contribution in [0.15, 0.2) is 47.4 Å². The Morgan fingerprint density at radius 1 is 1.20 bits per heavy atom. The largest absolute Gasteiger partial charge is 0.632 e. The van der Waals surface area contributed by atoms with Crippen molar-refractivity contribution >= 4 is 11.8 Å². The van der Waals surface area contributed by atoms with E-state index in [4.69, 9.17) is 9.47 Å². The zero-order valence-electron chi connectivity index (χ0n) is 22.9. The van der Waals surface area contributed by atoms with Crippen molar-refractivity contribution in [3.05, 3.63) is 81.6 Å². The first kappa shape index (κ1) is 29.9. The molecule has 2 aliphatic rings. The first-order chi connectivity index (χ1) is 19.6. The van der Waals surface area contributed by atoms with E-state index in [-0.39, 0.29) is 19.7 Å². The molecule has 0 amide bonds. The van der Waals surface area contributed by atoms with Gasteiger partial charge in [0.2, 0.25) is 6.29 Å². The van der Waals surface area contributed by atoms with Crippen LogP contribution in [0, 0.1) is 11.0 Å². The predicted molar refractivity (Wildman–Crippen MR) is 145 cm³/mol. The maximum absolute atomic E-state index is 14.6. The van der Waals surface area contributed by atoms with Crippen LogP contribution in [0.1, 0.15) is 60.0 Å². The van der Waals surface area contributed by atoms with E-state index in [1.54, 1.807) is 19.2 Å². The highest BCUT2D eigenvalue weighted by Crippen LogP contribution is 2.41. The number of benzene rings is 2. The Hall–Kier alpha value is -2.55. The van der Waals surface area contributed by atoms with Crippen molar-refractivity contribution in [2.24, 2.45) is 0 Å². The number of alkyl halides is 3. The predicted octanol–water partition coefficient (Wildman–Crippen LogP) is 5.97. The summed E-state index contributed by atoms with van der Waals surface area (Å²) in [5, 5.41) is 25.8. The summed E-state index contributed by atoms with van der Waals surface area (Å²) in [4.78, 5) is 2.71. The SMILES string of the molecule is CSc1cc([C@@H](C)OC2OCC[N+]([O-])(Cc3nn[nH]c3CN3CCCC3)C2c2ccc(F)cc2)cc(C(F)(F)F)c1. The molecule has 2 aromatic carbocycles. The summed E-state index contributed by atoms with van der Waals surface area (Å²) < 4.78 is 66.1. The first-order valence-electron chi connectivity index (χ1n) is 13.5. The summed E-state index contributed by atoms with van der Waals surface area (Å²) in [6, 6.07) is 8.40. The molecule has 3 heterocycles. The number of thioether (sulfide) groups is 1. The first-order valence-corrected chi connectivity index (χ1v) is 14.8. The van der Waals surface area contributed by atoms with Gasteiger partial charge in [0, 0.05) is 17.0 Å². The molecule has 0 bridgehead atoms. The van der Waals surface area contributed by atoms with Crippen LogP contribution in [0.4, 0.5) is 17.6 Å². The summed E-state index contributed by atoms with van der Waals surface area (Å²) >= 11 is 1.20.